The number of nitrogens with two attached hydrogens (primary N) is 1. The van der Waals surface area contributed by atoms with Crippen molar-refractivity contribution in [2.75, 3.05) is 0 Å². The van der Waals surface area contributed by atoms with Crippen molar-refractivity contribution in [2.24, 2.45) is 5.73 Å². The minimum atomic E-state index is -1.08. The minimum absolute atomic E-state index is 0.889. The first-order chi connectivity index (χ1) is 2.73. The Morgan fingerprint density at radius 2 is 1.67 bits per heavy atom. The van der Waals surface area contributed by atoms with Crippen LogP contribution in [0, 0.1) is 0 Å². The Bertz CT molecular complexity index is 42.8. The van der Waals surface area contributed by atoms with Crippen LogP contribution < -0.4 is 5.73 Å². The Morgan fingerprint density at radius 3 is 1.67 bits per heavy atom. The number of urea groups is 1. The average Bonchev–Trinajstić information content (AvgIpc) is 1.41. The van der Waals surface area contributed by atoms with Crippen molar-refractivity contribution in [1.29, 1.82) is 0 Å². The molecule has 0 saturated heterocycles. The first-order valence-electron chi connectivity index (χ1n) is 0.872. The number of carbonyl (C=O) groups excluding carboxylic acids is 1. The summed E-state index contributed by atoms with van der Waals surface area (Å²) in [7, 11) is 0. The maximum atomic E-state index is 8.89. The molecule has 0 aromatic rings. The van der Waals surface area contributed by atoms with E-state index in [0.29, 0.717) is 0 Å². The van der Waals surface area contributed by atoms with Gasteiger partial charge in [0.2, 0.25) is 0 Å². The van der Waals surface area contributed by atoms with Gasteiger partial charge in [-0.1, -0.05) is 0 Å². The third-order valence-electron chi connectivity index (χ3n) is 0. The van der Waals surface area contributed by atoms with E-state index >= 15 is 0 Å². The molecule has 0 heterocycles. The number of carbonyl (C=O) groups is 1. The van der Waals surface area contributed by atoms with E-state index in [1.165, 1.54) is 0 Å². The predicted molar refractivity (Wildman–Crippen MR) is 14.6 cm³/mol. The molecule has 0 aliphatic heterocycles. The van der Waals surface area contributed by atoms with E-state index in [2.05, 4.69) is 5.73 Å². The van der Waals surface area contributed by atoms with E-state index in [0.717, 1.165) is 19.8 Å². The summed E-state index contributed by atoms with van der Waals surface area (Å²) < 4.78 is 8.22. The van der Waals surface area contributed by atoms with Crippen molar-refractivity contribution in [3.63, 3.8) is 0 Å². The van der Waals surface area contributed by atoms with Crippen LogP contribution in [0.3, 0.4) is 0 Å². The van der Waals surface area contributed by atoms with E-state index in [-0.39, 0.29) is 0 Å². The van der Waals surface area contributed by atoms with Gasteiger partial charge in [0.1, 0.15) is 6.03 Å². The fourth-order valence-electron chi connectivity index (χ4n) is 0. The van der Waals surface area contributed by atoms with Crippen LogP contribution >= 0.6 is 0 Å². The molecule has 5 heteroatoms. The third-order valence-corrected chi connectivity index (χ3v) is 0. The maximum absolute atomic E-state index is 8.89. The zero-order valence-electron chi connectivity index (χ0n) is 2.71. The van der Waals surface area contributed by atoms with Crippen molar-refractivity contribution >= 4 is 6.03 Å². The van der Waals surface area contributed by atoms with Crippen molar-refractivity contribution < 1.29 is 28.0 Å². The summed E-state index contributed by atoms with van der Waals surface area (Å²) >= 11 is 0.889. The summed E-state index contributed by atoms with van der Waals surface area (Å²) in [5.41, 5.74) is 9.86. The van der Waals surface area contributed by atoms with E-state index in [4.69, 9.17) is 13.9 Å². The molecule has 0 aliphatic rings. The van der Waals surface area contributed by atoms with Gasteiger partial charge in [-0.25, -0.2) is 0 Å². The second-order valence-electron chi connectivity index (χ2n) is 0.364. The molecule has 4 nitrogen and oxygen atoms in total. The van der Waals surface area contributed by atoms with E-state index < -0.39 is 6.03 Å². The Kier molecular flexibility index (Phi) is 13.6. The Balaban J connectivity index is 0. The zero-order chi connectivity index (χ0) is 5.58. The van der Waals surface area contributed by atoms with E-state index in [1.54, 1.807) is 0 Å². The summed E-state index contributed by atoms with van der Waals surface area (Å²) in [6.45, 7) is 0. The quantitative estimate of drug-likeness (QED) is 0.671. The molecular weight excluding hydrogens is 267 g/mol. The van der Waals surface area contributed by atoms with Gasteiger partial charge in [-0.3, -0.25) is 4.79 Å². The topological polar surface area (TPSA) is 84.0 Å². The van der Waals surface area contributed by atoms with Gasteiger partial charge >= 0.3 is 23.2 Å². The fourth-order valence-corrected chi connectivity index (χ4v) is 0. The SMILES string of the molecule is [NH-]C(N)=O.[O]=[Pt]. The van der Waals surface area contributed by atoms with Gasteiger partial charge in [-0.15, -0.1) is 0 Å². The third kappa shape index (κ3) is 490. The standard InChI is InChI=1S/CH4N2O.O.Pt/c2-1(3)4;;/h(H4,2,3,4);;/p-1. The van der Waals surface area contributed by atoms with Crippen LogP contribution in [0.1, 0.15) is 0 Å². The molecule has 0 aliphatic carbocycles. The van der Waals surface area contributed by atoms with Gasteiger partial charge in [0, 0.05) is 0 Å². The van der Waals surface area contributed by atoms with Gasteiger partial charge in [0.05, 0.1) is 0 Å². The van der Waals surface area contributed by atoms with Gasteiger partial charge in [-0.05, 0) is 0 Å². The fraction of sp³-hybridized carbons (Fsp3) is 0. The molecular formula is CH3N2O2Pt-. The molecule has 0 atom stereocenters. The summed E-state index contributed by atoms with van der Waals surface area (Å²) in [6.07, 6.45) is 0. The number of hydrogen-bond donors (Lipinski definition) is 1. The van der Waals surface area contributed by atoms with E-state index in [9.17, 15) is 0 Å². The molecule has 40 valence electrons. The number of hydrogen-bond acceptors (Lipinski definition) is 2. The van der Waals surface area contributed by atoms with Crippen LogP contribution in [0.15, 0.2) is 0 Å². The monoisotopic (exact) mass is 270 g/mol. The van der Waals surface area contributed by atoms with Crippen LogP contribution in [0.25, 0.3) is 5.73 Å². The second kappa shape index (κ2) is 8.83. The molecule has 0 spiro atoms. The second-order valence-corrected chi connectivity index (χ2v) is 0.364. The average molecular weight is 270 g/mol. The summed E-state index contributed by atoms with van der Waals surface area (Å²) in [4.78, 5) is 8.89. The molecule has 6 heavy (non-hydrogen) atoms. The molecule has 0 radical (unpaired) electrons. The summed E-state index contributed by atoms with van der Waals surface area (Å²) in [5, 5.41) is 0. The number of primary amides is 1. The number of amides is 2. The summed E-state index contributed by atoms with van der Waals surface area (Å²) in [6, 6.07) is -1.08. The molecule has 0 saturated carbocycles. The molecule has 0 rings (SSSR count). The van der Waals surface area contributed by atoms with Gasteiger partial charge in [0.15, 0.2) is 0 Å². The van der Waals surface area contributed by atoms with Crippen LogP contribution in [0.4, 0.5) is 4.79 Å². The van der Waals surface area contributed by atoms with Crippen LogP contribution in [0.2, 0.25) is 0 Å². The first kappa shape index (κ1) is 9.23. The molecule has 0 aromatic carbocycles. The molecule has 3 N–H and O–H groups in total. The zero-order valence-corrected chi connectivity index (χ0v) is 4.98. The van der Waals surface area contributed by atoms with Crippen LogP contribution in [0.5, 0.6) is 0 Å². The Morgan fingerprint density at radius 1 is 1.67 bits per heavy atom. The Hall–Kier alpha value is -0.242. The Labute approximate surface area is 46.1 Å². The number of rotatable bonds is 0. The normalized spacial score (nSPS) is 5.00. The predicted octanol–water partition coefficient (Wildman–Crippen LogP) is -0.00400. The van der Waals surface area contributed by atoms with Crippen molar-refractivity contribution in [3.8, 4) is 0 Å². The van der Waals surface area contributed by atoms with Gasteiger partial charge < -0.3 is 11.5 Å². The first-order valence-corrected chi connectivity index (χ1v) is 1.80. The summed E-state index contributed by atoms with van der Waals surface area (Å²) in [5.74, 6) is 0. The van der Waals surface area contributed by atoms with E-state index in [1.807, 2.05) is 0 Å². The van der Waals surface area contributed by atoms with Crippen LogP contribution in [-0.4, -0.2) is 6.03 Å². The molecule has 0 bridgehead atoms. The molecule has 0 fully saturated rings. The van der Waals surface area contributed by atoms with Gasteiger partial charge in [0.25, 0.3) is 0 Å². The van der Waals surface area contributed by atoms with Crippen molar-refractivity contribution in [1.82, 2.24) is 0 Å². The number of nitrogens with one attached hydrogen (secondary N) is 1. The molecule has 0 unspecified atom stereocenters. The molecule has 2 amide bonds. The van der Waals surface area contributed by atoms with Crippen molar-refractivity contribution in [2.45, 2.75) is 0 Å². The van der Waals surface area contributed by atoms with Gasteiger partial charge in [-0.2, -0.15) is 0 Å². The van der Waals surface area contributed by atoms with Crippen molar-refractivity contribution in [3.05, 3.63) is 5.73 Å². The molecule has 0 aromatic heterocycles. The van der Waals surface area contributed by atoms with Crippen LogP contribution in [-0.2, 0) is 23.2 Å².